The van der Waals surface area contributed by atoms with Crippen LogP contribution in [0.25, 0.3) is 0 Å². The van der Waals surface area contributed by atoms with Gasteiger partial charge in [0.05, 0.1) is 11.2 Å². The lowest BCUT2D eigenvalue weighted by Gasteiger charge is -2.43. The molecule has 210 valence electrons. The molecule has 37 heavy (non-hydrogen) atoms. The number of benzene rings is 1. The van der Waals surface area contributed by atoms with E-state index in [0.29, 0.717) is 44.1 Å². The normalized spacial score (nSPS) is 22.5. The van der Waals surface area contributed by atoms with Crippen molar-refractivity contribution in [2.75, 3.05) is 47.4 Å². The van der Waals surface area contributed by atoms with E-state index in [0.717, 1.165) is 56.9 Å². The Balaban J connectivity index is 1.71. The lowest BCUT2D eigenvalue weighted by atomic mass is 9.74. The van der Waals surface area contributed by atoms with Gasteiger partial charge in [0.25, 0.3) is 0 Å². The minimum Gasteiger partial charge on any atom is -0.390 e. The molecule has 1 aliphatic carbocycles. The van der Waals surface area contributed by atoms with E-state index in [-0.39, 0.29) is 18.0 Å². The van der Waals surface area contributed by atoms with Crippen LogP contribution < -0.4 is 5.32 Å². The molecular formula is C29H48ClN3O4. The number of rotatable bonds is 12. The fraction of sp³-hybridized carbons (Fsp3) is 0.759. The highest BCUT2D eigenvalue weighted by Gasteiger charge is 2.42. The number of methoxy groups -OCH3 is 1. The van der Waals surface area contributed by atoms with Gasteiger partial charge < -0.3 is 30.1 Å². The summed E-state index contributed by atoms with van der Waals surface area (Å²) in [5.41, 5.74) is -0.960. The van der Waals surface area contributed by atoms with Crippen LogP contribution in [0.3, 0.4) is 0 Å². The third kappa shape index (κ3) is 8.82. The number of nitrogens with zero attached hydrogens (tertiary/aromatic N) is 2. The number of ether oxygens (including phenoxy) is 1. The van der Waals surface area contributed by atoms with Gasteiger partial charge in [-0.2, -0.15) is 0 Å². The van der Waals surface area contributed by atoms with E-state index >= 15 is 0 Å². The Bertz CT molecular complexity index is 848. The second-order valence-electron chi connectivity index (χ2n) is 11.6. The molecule has 7 nitrogen and oxygen atoms in total. The predicted octanol–water partition coefficient (Wildman–Crippen LogP) is 4.78. The zero-order valence-corrected chi connectivity index (χ0v) is 23.8. The second kappa shape index (κ2) is 14.1. The van der Waals surface area contributed by atoms with Gasteiger partial charge in [0.1, 0.15) is 0 Å². The smallest absolute Gasteiger partial charge is 0.317 e. The van der Waals surface area contributed by atoms with Gasteiger partial charge >= 0.3 is 6.03 Å². The molecule has 1 heterocycles. The average molecular weight is 538 g/mol. The third-order valence-electron chi connectivity index (χ3n) is 8.19. The van der Waals surface area contributed by atoms with Crippen LogP contribution in [-0.4, -0.2) is 85.1 Å². The van der Waals surface area contributed by atoms with Crippen molar-refractivity contribution in [1.82, 2.24) is 15.1 Å². The maximum Gasteiger partial charge on any atom is 0.317 e. The number of aliphatic hydroxyl groups is 2. The first kappa shape index (κ1) is 30.2. The number of amides is 2. The van der Waals surface area contributed by atoms with E-state index in [1.54, 1.807) is 7.11 Å². The van der Waals surface area contributed by atoms with Crippen molar-refractivity contribution in [3.63, 3.8) is 0 Å². The van der Waals surface area contributed by atoms with Crippen LogP contribution in [0.15, 0.2) is 24.3 Å². The van der Waals surface area contributed by atoms with Crippen LogP contribution in [-0.2, 0) is 10.3 Å². The summed E-state index contributed by atoms with van der Waals surface area (Å²) in [4.78, 5) is 17.4. The number of halogens is 1. The van der Waals surface area contributed by atoms with Crippen LogP contribution in [0, 0.1) is 5.92 Å². The standard InChI is InChI=1S/C29H48ClN3O4/c1-32(2)22-26(20-28(35)14-5-4-6-15-28)31-27(34)33-17-10-12-24(21-33)29(36,16-7-8-18-37-3)23-11-9-13-25(30)19-23/h9,11,13,19,24,26,35-36H,4-8,10,12,14-18,20-22H2,1-3H3,(H,31,34)/t24-,26?,29-/m1/s1. The minimum absolute atomic E-state index is 0.0946. The van der Waals surface area contributed by atoms with Crippen molar-refractivity contribution in [3.8, 4) is 0 Å². The van der Waals surface area contributed by atoms with Gasteiger partial charge in [0, 0.05) is 50.3 Å². The molecule has 1 aliphatic heterocycles. The van der Waals surface area contributed by atoms with Crippen molar-refractivity contribution in [3.05, 3.63) is 34.9 Å². The second-order valence-corrected chi connectivity index (χ2v) is 12.0. The van der Waals surface area contributed by atoms with Gasteiger partial charge in [-0.15, -0.1) is 0 Å². The molecule has 1 aromatic carbocycles. The molecule has 3 atom stereocenters. The monoisotopic (exact) mass is 537 g/mol. The Morgan fingerprint density at radius 1 is 1.27 bits per heavy atom. The number of likely N-dealkylation sites (N-methyl/N-ethyl adjacent to an activating group) is 1. The highest BCUT2D eigenvalue weighted by atomic mass is 35.5. The van der Waals surface area contributed by atoms with Crippen LogP contribution >= 0.6 is 11.6 Å². The van der Waals surface area contributed by atoms with Crippen molar-refractivity contribution in [2.24, 2.45) is 5.92 Å². The number of piperidine rings is 1. The number of unbranched alkanes of at least 4 members (excludes halogenated alkanes) is 1. The summed E-state index contributed by atoms with van der Waals surface area (Å²) in [7, 11) is 5.68. The molecule has 3 N–H and O–H groups in total. The van der Waals surface area contributed by atoms with Crippen LogP contribution in [0.4, 0.5) is 4.79 Å². The Labute approximate surface area is 228 Å². The van der Waals surface area contributed by atoms with Gasteiger partial charge in [0.2, 0.25) is 0 Å². The van der Waals surface area contributed by atoms with E-state index in [1.165, 1.54) is 6.42 Å². The maximum atomic E-state index is 13.5. The van der Waals surface area contributed by atoms with Gasteiger partial charge in [-0.1, -0.05) is 43.0 Å². The largest absolute Gasteiger partial charge is 0.390 e. The third-order valence-corrected chi connectivity index (χ3v) is 8.42. The van der Waals surface area contributed by atoms with E-state index in [1.807, 2.05) is 43.3 Å². The lowest BCUT2D eigenvalue weighted by molar-refractivity contribution is -0.0566. The summed E-state index contributed by atoms with van der Waals surface area (Å²) >= 11 is 6.31. The van der Waals surface area contributed by atoms with E-state index in [4.69, 9.17) is 16.3 Å². The van der Waals surface area contributed by atoms with Gasteiger partial charge in [-0.05, 0) is 83.2 Å². The molecule has 1 saturated carbocycles. The van der Waals surface area contributed by atoms with Crippen molar-refractivity contribution < 1.29 is 19.7 Å². The van der Waals surface area contributed by atoms with Gasteiger partial charge in [-0.25, -0.2) is 4.79 Å². The highest BCUT2D eigenvalue weighted by Crippen LogP contribution is 2.40. The molecular weight excluding hydrogens is 490 g/mol. The molecule has 2 amide bonds. The average Bonchev–Trinajstić information content (AvgIpc) is 2.86. The molecule has 2 fully saturated rings. The van der Waals surface area contributed by atoms with Crippen molar-refractivity contribution in [2.45, 2.75) is 87.9 Å². The molecule has 3 rings (SSSR count). The van der Waals surface area contributed by atoms with Gasteiger partial charge in [0.15, 0.2) is 0 Å². The van der Waals surface area contributed by atoms with Crippen molar-refractivity contribution in [1.29, 1.82) is 0 Å². The van der Waals surface area contributed by atoms with E-state index < -0.39 is 11.2 Å². The Morgan fingerprint density at radius 2 is 2.03 bits per heavy atom. The predicted molar refractivity (Wildman–Crippen MR) is 149 cm³/mol. The topological polar surface area (TPSA) is 85.3 Å². The quantitative estimate of drug-likeness (QED) is 0.334. The van der Waals surface area contributed by atoms with E-state index in [9.17, 15) is 15.0 Å². The van der Waals surface area contributed by atoms with Crippen LogP contribution in [0.2, 0.25) is 5.02 Å². The highest BCUT2D eigenvalue weighted by molar-refractivity contribution is 6.30. The molecule has 1 unspecified atom stereocenters. The first-order chi connectivity index (χ1) is 17.6. The summed E-state index contributed by atoms with van der Waals surface area (Å²) in [6, 6.07) is 7.26. The SMILES string of the molecule is COCCCC[C@@](O)(c1cccc(Cl)c1)[C@@H]1CCCN(C(=O)NC(CN(C)C)CC2(O)CCCCC2)C1. The van der Waals surface area contributed by atoms with Crippen molar-refractivity contribution >= 4 is 17.6 Å². The fourth-order valence-electron chi connectivity index (χ4n) is 6.27. The zero-order chi connectivity index (χ0) is 26.9. The summed E-state index contributed by atoms with van der Waals surface area (Å²) in [5.74, 6) is -0.0946. The van der Waals surface area contributed by atoms with E-state index in [2.05, 4.69) is 10.2 Å². The molecule has 8 heteroatoms. The fourth-order valence-corrected chi connectivity index (χ4v) is 6.47. The minimum atomic E-state index is -1.07. The molecule has 0 bridgehead atoms. The molecule has 0 spiro atoms. The number of carbonyl (C=O) groups excluding carboxylic acids is 1. The number of hydrogen-bond acceptors (Lipinski definition) is 5. The first-order valence-corrected chi connectivity index (χ1v) is 14.4. The van der Waals surface area contributed by atoms with Crippen LogP contribution in [0.5, 0.6) is 0 Å². The Kier molecular flexibility index (Phi) is 11.5. The number of urea groups is 1. The van der Waals surface area contributed by atoms with Gasteiger partial charge in [-0.3, -0.25) is 0 Å². The molecule has 1 aromatic rings. The molecule has 0 radical (unpaired) electrons. The zero-order valence-electron chi connectivity index (χ0n) is 23.1. The summed E-state index contributed by atoms with van der Waals surface area (Å²) < 4.78 is 5.22. The number of nitrogens with one attached hydrogen (secondary N) is 1. The van der Waals surface area contributed by atoms with Crippen LogP contribution in [0.1, 0.15) is 76.2 Å². The molecule has 1 saturated heterocycles. The maximum absolute atomic E-state index is 13.5. The lowest BCUT2D eigenvalue weighted by Crippen LogP contribution is -2.55. The summed E-state index contributed by atoms with van der Waals surface area (Å²) in [5, 5.41) is 27.1. The summed E-state index contributed by atoms with van der Waals surface area (Å²) in [6.45, 7) is 2.48. The number of carbonyl (C=O) groups is 1. The Hall–Kier alpha value is -1.38. The molecule has 2 aliphatic rings. The summed E-state index contributed by atoms with van der Waals surface area (Å²) in [6.07, 6.45) is 9.38. The number of likely N-dealkylation sites (tertiary alicyclic amines) is 1. The molecule has 0 aromatic heterocycles. The Morgan fingerprint density at radius 3 is 2.70 bits per heavy atom. The number of hydrogen-bond donors (Lipinski definition) is 3. The first-order valence-electron chi connectivity index (χ1n) is 14.0.